The highest BCUT2D eigenvalue weighted by atomic mass is 19.1. The van der Waals surface area contributed by atoms with Crippen LogP contribution in [0.1, 0.15) is 39.2 Å². The van der Waals surface area contributed by atoms with E-state index >= 15 is 0 Å². The van der Waals surface area contributed by atoms with Crippen molar-refractivity contribution in [2.24, 2.45) is 0 Å². The average Bonchev–Trinajstić information content (AvgIpc) is 2.37. The lowest BCUT2D eigenvalue weighted by molar-refractivity contribution is -0.385. The summed E-state index contributed by atoms with van der Waals surface area (Å²) in [6, 6.07) is 1.50. The molecular formula is C14H17FN2O6. The molecule has 0 fully saturated rings. The zero-order valence-corrected chi connectivity index (χ0v) is 13.0. The molecule has 0 radical (unpaired) electrons. The fourth-order valence-electron chi connectivity index (χ4n) is 1.72. The Bertz CT molecular complexity index is 653. The van der Waals surface area contributed by atoms with Crippen LogP contribution in [0.25, 0.3) is 0 Å². The largest absolute Gasteiger partial charge is 0.481 e. The topological polar surface area (TPSA) is 119 Å². The number of benzene rings is 1. The van der Waals surface area contributed by atoms with Crippen molar-refractivity contribution >= 4 is 23.4 Å². The van der Waals surface area contributed by atoms with E-state index in [1.54, 1.807) is 20.8 Å². The molecule has 0 aliphatic carbocycles. The zero-order chi connectivity index (χ0) is 17.9. The summed E-state index contributed by atoms with van der Waals surface area (Å²) in [5.74, 6) is -3.61. The number of rotatable bonds is 4. The number of nitro benzene ring substituents is 1. The summed E-state index contributed by atoms with van der Waals surface area (Å²) in [5, 5.41) is 22.1. The summed E-state index contributed by atoms with van der Waals surface area (Å²) in [4.78, 5) is 32.8. The van der Waals surface area contributed by atoms with Gasteiger partial charge in [-0.25, -0.2) is 9.18 Å². The van der Waals surface area contributed by atoms with Crippen molar-refractivity contribution in [2.45, 2.75) is 39.2 Å². The van der Waals surface area contributed by atoms with Crippen LogP contribution in [-0.2, 0) is 9.53 Å². The lowest BCUT2D eigenvalue weighted by Crippen LogP contribution is -2.27. The van der Waals surface area contributed by atoms with E-state index in [1.807, 2.05) is 0 Å². The third-order valence-electron chi connectivity index (χ3n) is 2.79. The second kappa shape index (κ2) is 6.59. The molecule has 0 aliphatic rings. The first-order valence-corrected chi connectivity index (χ1v) is 6.63. The smallest absolute Gasteiger partial charge is 0.412 e. The number of nitrogens with zero attached hydrogens (tertiary/aromatic N) is 1. The quantitative estimate of drug-likeness (QED) is 0.646. The van der Waals surface area contributed by atoms with E-state index in [9.17, 15) is 24.1 Å². The van der Waals surface area contributed by atoms with E-state index in [4.69, 9.17) is 9.84 Å². The van der Waals surface area contributed by atoms with Crippen LogP contribution in [0.15, 0.2) is 12.1 Å². The van der Waals surface area contributed by atoms with Gasteiger partial charge >= 0.3 is 12.1 Å². The van der Waals surface area contributed by atoms with E-state index in [0.29, 0.717) is 0 Å². The van der Waals surface area contributed by atoms with E-state index in [2.05, 4.69) is 5.32 Å². The molecule has 1 unspecified atom stereocenters. The number of carboxylic acid groups (broad SMARTS) is 1. The van der Waals surface area contributed by atoms with Gasteiger partial charge in [0.05, 0.1) is 16.5 Å². The van der Waals surface area contributed by atoms with Crippen LogP contribution in [-0.4, -0.2) is 27.7 Å². The molecule has 23 heavy (non-hydrogen) atoms. The van der Waals surface area contributed by atoms with Gasteiger partial charge in [0.25, 0.3) is 5.69 Å². The summed E-state index contributed by atoms with van der Waals surface area (Å²) >= 11 is 0. The van der Waals surface area contributed by atoms with Crippen LogP contribution in [0.5, 0.6) is 0 Å². The van der Waals surface area contributed by atoms with Gasteiger partial charge in [-0.2, -0.15) is 0 Å². The highest BCUT2D eigenvalue weighted by Crippen LogP contribution is 2.32. The molecule has 2 N–H and O–H groups in total. The summed E-state index contributed by atoms with van der Waals surface area (Å²) in [6.45, 7) is 6.00. The highest BCUT2D eigenvalue weighted by Gasteiger charge is 2.27. The van der Waals surface area contributed by atoms with Gasteiger partial charge in [0.15, 0.2) is 0 Å². The van der Waals surface area contributed by atoms with E-state index in [0.717, 1.165) is 12.1 Å². The van der Waals surface area contributed by atoms with E-state index in [-0.39, 0.29) is 5.56 Å². The summed E-state index contributed by atoms with van der Waals surface area (Å²) in [7, 11) is 0. The number of aliphatic carboxylic acids is 1. The number of ether oxygens (including phenoxy) is 1. The number of halogens is 1. The minimum atomic E-state index is -1.33. The fraction of sp³-hybridized carbons (Fsp3) is 0.429. The van der Waals surface area contributed by atoms with Gasteiger partial charge in [-0.05, 0) is 33.8 Å². The molecule has 8 nitrogen and oxygen atoms in total. The van der Waals surface area contributed by atoms with E-state index in [1.165, 1.54) is 6.92 Å². The number of amides is 1. The molecule has 1 aromatic carbocycles. The normalized spacial score (nSPS) is 12.4. The molecule has 0 aliphatic heterocycles. The minimum absolute atomic E-state index is 0.297. The number of nitrogens with one attached hydrogen (secondary N) is 1. The Morgan fingerprint density at radius 2 is 1.96 bits per heavy atom. The number of carbonyl (C=O) groups is 2. The van der Waals surface area contributed by atoms with Crippen molar-refractivity contribution in [1.29, 1.82) is 0 Å². The third-order valence-corrected chi connectivity index (χ3v) is 2.79. The van der Waals surface area contributed by atoms with Crippen molar-refractivity contribution in [3.63, 3.8) is 0 Å². The number of carboxylic acids is 1. The molecule has 0 saturated carbocycles. The van der Waals surface area contributed by atoms with Crippen LogP contribution in [0.3, 0.4) is 0 Å². The molecule has 126 valence electrons. The summed E-state index contributed by atoms with van der Waals surface area (Å²) in [6.07, 6.45) is -0.982. The van der Waals surface area contributed by atoms with Gasteiger partial charge in [0, 0.05) is 11.6 Å². The van der Waals surface area contributed by atoms with Crippen LogP contribution >= 0.6 is 0 Å². The Morgan fingerprint density at radius 3 is 2.39 bits per heavy atom. The lowest BCUT2D eigenvalue weighted by Gasteiger charge is -2.20. The molecule has 1 amide bonds. The van der Waals surface area contributed by atoms with Crippen LogP contribution in [0.2, 0.25) is 0 Å². The Labute approximate surface area is 131 Å². The molecule has 1 aromatic rings. The van der Waals surface area contributed by atoms with Gasteiger partial charge in [-0.3, -0.25) is 20.2 Å². The van der Waals surface area contributed by atoms with Crippen LogP contribution in [0.4, 0.5) is 20.6 Å². The SMILES string of the molecule is CC(C(=O)O)c1cc(F)c(NC(=O)OC(C)(C)C)cc1[N+](=O)[O-]. The molecule has 1 atom stereocenters. The van der Waals surface area contributed by atoms with Crippen molar-refractivity contribution in [3.05, 3.63) is 33.6 Å². The second-order valence-electron chi connectivity index (χ2n) is 5.83. The number of hydrogen-bond donors (Lipinski definition) is 2. The lowest BCUT2D eigenvalue weighted by atomic mass is 9.98. The van der Waals surface area contributed by atoms with Gasteiger partial charge in [-0.15, -0.1) is 0 Å². The van der Waals surface area contributed by atoms with Crippen LogP contribution < -0.4 is 5.32 Å². The Kier molecular flexibility index (Phi) is 5.26. The summed E-state index contributed by atoms with van der Waals surface area (Å²) < 4.78 is 19.0. The first kappa shape index (κ1) is 18.3. The number of nitro groups is 1. The average molecular weight is 328 g/mol. The Balaban J connectivity index is 3.22. The van der Waals surface area contributed by atoms with Gasteiger partial charge in [0.1, 0.15) is 11.4 Å². The minimum Gasteiger partial charge on any atom is -0.481 e. The zero-order valence-electron chi connectivity index (χ0n) is 13.0. The maximum atomic E-state index is 14.0. The second-order valence-corrected chi connectivity index (χ2v) is 5.83. The molecule has 0 aromatic heterocycles. The molecule has 0 heterocycles. The predicted octanol–water partition coefficient (Wildman–Crippen LogP) is 3.27. The number of anilines is 1. The summed E-state index contributed by atoms with van der Waals surface area (Å²) in [5.41, 5.74) is -2.20. The molecule has 9 heteroatoms. The molecular weight excluding hydrogens is 311 g/mol. The van der Waals surface area contributed by atoms with Gasteiger partial charge < -0.3 is 9.84 Å². The standard InChI is InChI=1S/C14H17FN2O6/c1-7(12(18)19)8-5-9(15)10(6-11(8)17(21)22)16-13(20)23-14(2,3)4/h5-7H,1-4H3,(H,16,20)(H,18,19). The number of carbonyl (C=O) groups excluding carboxylic acids is 1. The first-order valence-electron chi connectivity index (χ1n) is 6.63. The van der Waals surface area contributed by atoms with E-state index < -0.39 is 45.7 Å². The Hall–Kier alpha value is -2.71. The van der Waals surface area contributed by atoms with Gasteiger partial charge in [0.2, 0.25) is 0 Å². The maximum Gasteiger partial charge on any atom is 0.412 e. The Morgan fingerprint density at radius 1 is 1.39 bits per heavy atom. The van der Waals surface area contributed by atoms with Crippen molar-refractivity contribution < 1.29 is 28.7 Å². The highest BCUT2D eigenvalue weighted by molar-refractivity contribution is 5.86. The van der Waals surface area contributed by atoms with Crippen molar-refractivity contribution in [3.8, 4) is 0 Å². The molecule has 0 spiro atoms. The monoisotopic (exact) mass is 328 g/mol. The fourth-order valence-corrected chi connectivity index (χ4v) is 1.72. The van der Waals surface area contributed by atoms with Gasteiger partial charge in [-0.1, -0.05) is 0 Å². The van der Waals surface area contributed by atoms with Crippen molar-refractivity contribution in [1.82, 2.24) is 0 Å². The predicted molar refractivity (Wildman–Crippen MR) is 79.0 cm³/mol. The third kappa shape index (κ3) is 4.90. The molecule has 1 rings (SSSR count). The van der Waals surface area contributed by atoms with Crippen molar-refractivity contribution in [2.75, 3.05) is 5.32 Å². The molecule has 0 bridgehead atoms. The molecule has 0 saturated heterocycles. The maximum absolute atomic E-state index is 14.0. The number of hydrogen-bond acceptors (Lipinski definition) is 5. The van der Waals surface area contributed by atoms with Crippen LogP contribution in [0, 0.1) is 15.9 Å². The first-order chi connectivity index (χ1) is 10.4.